The molecular weight excluding hydrogens is 511 g/mol. The topological polar surface area (TPSA) is 54.0 Å². The SMILES string of the molecule is Cc1cccc(C(=O)Nc2ccc3c(c2)C[C@@H](NCc2cccnc2Cl)C3)c1-c1ccc(C(F)(F)F)cc1. The first-order chi connectivity index (χ1) is 18.2. The fraction of sp³-hybridized carbons (Fsp3) is 0.200. The molecule has 0 unspecified atom stereocenters. The van der Waals surface area contributed by atoms with E-state index in [4.69, 9.17) is 11.6 Å². The first-order valence-electron chi connectivity index (χ1n) is 12.2. The van der Waals surface area contributed by atoms with Crippen LogP contribution in [0, 0.1) is 6.92 Å². The van der Waals surface area contributed by atoms with E-state index in [0.29, 0.717) is 34.1 Å². The fourth-order valence-electron chi connectivity index (χ4n) is 4.91. The number of hydrogen-bond donors (Lipinski definition) is 2. The van der Waals surface area contributed by atoms with E-state index in [1.54, 1.807) is 18.3 Å². The molecule has 1 heterocycles. The van der Waals surface area contributed by atoms with Crippen LogP contribution in [0.4, 0.5) is 18.9 Å². The number of anilines is 1. The molecule has 0 bridgehead atoms. The van der Waals surface area contributed by atoms with E-state index in [2.05, 4.69) is 15.6 Å². The minimum atomic E-state index is -4.42. The van der Waals surface area contributed by atoms with Crippen LogP contribution in [0.25, 0.3) is 11.1 Å². The molecule has 8 heteroatoms. The number of benzene rings is 3. The molecule has 0 saturated heterocycles. The molecule has 1 aliphatic carbocycles. The van der Waals surface area contributed by atoms with Gasteiger partial charge in [0.25, 0.3) is 5.91 Å². The van der Waals surface area contributed by atoms with Crippen molar-refractivity contribution >= 4 is 23.2 Å². The highest BCUT2D eigenvalue weighted by molar-refractivity contribution is 6.30. The third-order valence-electron chi connectivity index (χ3n) is 6.83. The van der Waals surface area contributed by atoms with Gasteiger partial charge in [-0.3, -0.25) is 4.79 Å². The standard InChI is InChI=1S/C30H25ClF3N3O/c1-18-4-2-6-26(27(18)19-7-10-23(11-8-19)30(32,33)34)29(38)37-24-12-9-20-14-25(16-22(20)15-24)36-17-21-5-3-13-35-28(21)31/h2-13,15,25,36H,14,16-17H2,1H3,(H,37,38)/t25-/m0/s1. The average molecular weight is 536 g/mol. The second-order valence-electron chi connectivity index (χ2n) is 9.45. The fourth-order valence-corrected chi connectivity index (χ4v) is 5.10. The summed E-state index contributed by atoms with van der Waals surface area (Å²) in [6.45, 7) is 2.46. The van der Waals surface area contributed by atoms with Crippen LogP contribution in [0.5, 0.6) is 0 Å². The molecule has 1 aliphatic rings. The average Bonchev–Trinajstić information content (AvgIpc) is 3.30. The number of nitrogens with zero attached hydrogens (tertiary/aromatic N) is 1. The Hall–Kier alpha value is -3.68. The van der Waals surface area contributed by atoms with Gasteiger partial charge < -0.3 is 10.6 Å². The number of alkyl halides is 3. The molecule has 38 heavy (non-hydrogen) atoms. The summed E-state index contributed by atoms with van der Waals surface area (Å²) in [6.07, 6.45) is -1.07. The van der Waals surface area contributed by atoms with Crippen molar-refractivity contribution in [1.82, 2.24) is 10.3 Å². The number of nitrogens with one attached hydrogen (secondary N) is 2. The van der Waals surface area contributed by atoms with Crippen LogP contribution in [-0.2, 0) is 25.6 Å². The molecule has 194 valence electrons. The molecule has 3 aromatic carbocycles. The predicted molar refractivity (Wildman–Crippen MR) is 143 cm³/mol. The molecule has 4 aromatic rings. The number of fused-ring (bicyclic) bond motifs is 1. The summed E-state index contributed by atoms with van der Waals surface area (Å²) in [5, 5.41) is 7.00. The lowest BCUT2D eigenvalue weighted by atomic mass is 9.93. The van der Waals surface area contributed by atoms with Gasteiger partial charge in [-0.1, -0.05) is 48.0 Å². The number of hydrogen-bond acceptors (Lipinski definition) is 3. The zero-order valence-electron chi connectivity index (χ0n) is 20.6. The Balaban J connectivity index is 1.30. The molecular formula is C30H25ClF3N3O. The van der Waals surface area contributed by atoms with Crippen molar-refractivity contribution in [1.29, 1.82) is 0 Å². The van der Waals surface area contributed by atoms with Crippen LogP contribution < -0.4 is 10.6 Å². The van der Waals surface area contributed by atoms with E-state index in [-0.39, 0.29) is 11.9 Å². The molecule has 1 amide bonds. The second kappa shape index (κ2) is 10.6. The van der Waals surface area contributed by atoms with Crippen molar-refractivity contribution in [2.75, 3.05) is 5.32 Å². The number of pyridine rings is 1. The Morgan fingerprint density at radius 1 is 1.00 bits per heavy atom. The maximum Gasteiger partial charge on any atom is 0.416 e. The summed E-state index contributed by atoms with van der Waals surface area (Å²) in [5.74, 6) is -0.317. The lowest BCUT2D eigenvalue weighted by molar-refractivity contribution is -0.137. The summed E-state index contributed by atoms with van der Waals surface area (Å²) in [4.78, 5) is 17.4. The Morgan fingerprint density at radius 3 is 2.50 bits per heavy atom. The number of aryl methyl sites for hydroxylation is 1. The number of carbonyl (C=O) groups is 1. The van der Waals surface area contributed by atoms with E-state index in [0.717, 1.165) is 41.7 Å². The second-order valence-corrected chi connectivity index (χ2v) is 9.81. The molecule has 0 radical (unpaired) electrons. The Labute approximate surface area is 223 Å². The van der Waals surface area contributed by atoms with Gasteiger partial charge in [-0.15, -0.1) is 0 Å². The quantitative estimate of drug-likeness (QED) is 0.256. The van der Waals surface area contributed by atoms with E-state index in [1.807, 2.05) is 43.3 Å². The molecule has 2 N–H and O–H groups in total. The largest absolute Gasteiger partial charge is 0.416 e. The Morgan fingerprint density at radius 2 is 1.76 bits per heavy atom. The first-order valence-corrected chi connectivity index (χ1v) is 12.6. The molecule has 0 spiro atoms. The summed E-state index contributed by atoms with van der Waals surface area (Å²) in [5.41, 5.74) is 5.63. The zero-order chi connectivity index (χ0) is 26.9. The predicted octanol–water partition coefficient (Wildman–Crippen LogP) is 7.24. The number of amides is 1. The van der Waals surface area contributed by atoms with E-state index in [9.17, 15) is 18.0 Å². The summed E-state index contributed by atoms with van der Waals surface area (Å²) >= 11 is 6.17. The molecule has 0 saturated carbocycles. The van der Waals surface area contributed by atoms with Crippen molar-refractivity contribution in [2.24, 2.45) is 0 Å². The number of aromatic nitrogens is 1. The third-order valence-corrected chi connectivity index (χ3v) is 7.17. The molecule has 4 nitrogen and oxygen atoms in total. The lowest BCUT2D eigenvalue weighted by Crippen LogP contribution is -2.29. The van der Waals surface area contributed by atoms with Gasteiger partial charge >= 0.3 is 6.18 Å². The van der Waals surface area contributed by atoms with Gasteiger partial charge in [0.1, 0.15) is 5.15 Å². The molecule has 0 fully saturated rings. The van der Waals surface area contributed by atoms with Crippen LogP contribution in [0.15, 0.2) is 79.0 Å². The highest BCUT2D eigenvalue weighted by atomic mass is 35.5. The summed E-state index contributed by atoms with van der Waals surface area (Å²) in [7, 11) is 0. The van der Waals surface area contributed by atoms with Crippen molar-refractivity contribution in [3.63, 3.8) is 0 Å². The third kappa shape index (κ3) is 5.59. The normalized spacial score (nSPS) is 14.8. The van der Waals surface area contributed by atoms with Crippen molar-refractivity contribution in [3.8, 4) is 11.1 Å². The summed E-state index contributed by atoms with van der Waals surface area (Å²) in [6, 6.07) is 20.1. The summed E-state index contributed by atoms with van der Waals surface area (Å²) < 4.78 is 39.1. The monoisotopic (exact) mass is 535 g/mol. The van der Waals surface area contributed by atoms with Crippen LogP contribution in [0.3, 0.4) is 0 Å². The van der Waals surface area contributed by atoms with Crippen LogP contribution in [0.2, 0.25) is 5.15 Å². The highest BCUT2D eigenvalue weighted by Crippen LogP contribution is 2.34. The first kappa shape index (κ1) is 25.9. The van der Waals surface area contributed by atoms with Gasteiger partial charge in [0, 0.05) is 35.6 Å². The maximum atomic E-state index is 13.3. The van der Waals surface area contributed by atoms with Gasteiger partial charge in [-0.2, -0.15) is 13.2 Å². The van der Waals surface area contributed by atoms with Crippen LogP contribution in [-0.4, -0.2) is 16.9 Å². The van der Waals surface area contributed by atoms with Crippen LogP contribution >= 0.6 is 11.6 Å². The Kier molecular flexibility index (Phi) is 7.23. The minimum absolute atomic E-state index is 0.246. The molecule has 1 atom stereocenters. The highest BCUT2D eigenvalue weighted by Gasteiger charge is 2.30. The molecule has 5 rings (SSSR count). The van der Waals surface area contributed by atoms with Crippen molar-refractivity contribution in [2.45, 2.75) is 38.5 Å². The van der Waals surface area contributed by atoms with Crippen molar-refractivity contribution in [3.05, 3.63) is 118 Å². The van der Waals surface area contributed by atoms with Gasteiger partial charge in [0.2, 0.25) is 0 Å². The lowest BCUT2D eigenvalue weighted by Gasteiger charge is -2.15. The zero-order valence-corrected chi connectivity index (χ0v) is 21.3. The molecule has 0 aliphatic heterocycles. The number of rotatable bonds is 6. The van der Waals surface area contributed by atoms with Crippen molar-refractivity contribution < 1.29 is 18.0 Å². The smallest absolute Gasteiger partial charge is 0.322 e. The van der Waals surface area contributed by atoms with Gasteiger partial charge in [-0.25, -0.2) is 4.98 Å². The van der Waals surface area contributed by atoms with E-state index >= 15 is 0 Å². The van der Waals surface area contributed by atoms with Gasteiger partial charge in [0.05, 0.1) is 5.56 Å². The number of halogens is 4. The Bertz CT molecular complexity index is 1490. The maximum absolute atomic E-state index is 13.3. The van der Waals surface area contributed by atoms with Gasteiger partial charge in [-0.05, 0) is 84.0 Å². The van der Waals surface area contributed by atoms with Gasteiger partial charge in [0.15, 0.2) is 0 Å². The minimum Gasteiger partial charge on any atom is -0.322 e. The number of carbonyl (C=O) groups excluding carboxylic acids is 1. The van der Waals surface area contributed by atoms with Crippen LogP contribution in [0.1, 0.15) is 38.2 Å². The van der Waals surface area contributed by atoms with E-state index in [1.165, 1.54) is 17.7 Å². The van der Waals surface area contributed by atoms with E-state index < -0.39 is 11.7 Å². The molecule has 1 aromatic heterocycles.